The monoisotopic (exact) mass is 598 g/mol. The third-order valence-corrected chi connectivity index (χ3v) is 7.87. The molecular weight excluding hydrogens is 556 g/mol. The van der Waals surface area contributed by atoms with Gasteiger partial charge in [0.25, 0.3) is 0 Å². The summed E-state index contributed by atoms with van der Waals surface area (Å²) >= 11 is 0. The van der Waals surface area contributed by atoms with Gasteiger partial charge >= 0.3 is 0 Å². The minimum Gasteiger partial charge on any atom is -0.490 e. The molecule has 0 atom stereocenters. The first-order valence-corrected chi connectivity index (χ1v) is 15.5. The molecule has 3 aromatic rings. The summed E-state index contributed by atoms with van der Waals surface area (Å²) in [5.74, 6) is -4.01. The predicted molar refractivity (Wildman–Crippen MR) is 163 cm³/mol. The molecule has 1 aliphatic heterocycles. The SMILES string of the molecule is CC=CCCC1COC(c2ccc(-c3ccc(-c4ccc(OCCCCCCCCC)c(F)c4F)cc3)c(F)c2F)OC1. The second-order valence-electron chi connectivity index (χ2n) is 11.1. The van der Waals surface area contributed by atoms with E-state index < -0.39 is 29.6 Å². The Balaban J connectivity index is 1.37. The second kappa shape index (κ2) is 16.6. The lowest BCUT2D eigenvalue weighted by Gasteiger charge is -2.29. The highest BCUT2D eigenvalue weighted by atomic mass is 19.2. The van der Waals surface area contributed by atoms with Gasteiger partial charge in [0.1, 0.15) is 0 Å². The van der Waals surface area contributed by atoms with Crippen molar-refractivity contribution in [3.63, 3.8) is 0 Å². The largest absolute Gasteiger partial charge is 0.490 e. The van der Waals surface area contributed by atoms with Crippen LogP contribution in [0.15, 0.2) is 60.7 Å². The zero-order chi connectivity index (χ0) is 30.6. The van der Waals surface area contributed by atoms with E-state index in [1.807, 2.05) is 13.0 Å². The summed E-state index contributed by atoms with van der Waals surface area (Å²) in [5, 5.41) is 0. The Labute approximate surface area is 252 Å². The van der Waals surface area contributed by atoms with Crippen LogP contribution in [0.3, 0.4) is 0 Å². The molecule has 1 fully saturated rings. The molecule has 43 heavy (non-hydrogen) atoms. The van der Waals surface area contributed by atoms with E-state index in [-0.39, 0.29) is 28.4 Å². The average molecular weight is 599 g/mol. The molecule has 0 spiro atoms. The van der Waals surface area contributed by atoms with Crippen molar-refractivity contribution in [1.29, 1.82) is 0 Å². The Morgan fingerprint density at radius 1 is 0.721 bits per heavy atom. The van der Waals surface area contributed by atoms with Gasteiger partial charge in [-0.05, 0) is 49.4 Å². The normalized spacial score (nSPS) is 17.1. The van der Waals surface area contributed by atoms with Gasteiger partial charge < -0.3 is 14.2 Å². The van der Waals surface area contributed by atoms with Crippen molar-refractivity contribution in [3.05, 3.63) is 89.5 Å². The highest BCUT2D eigenvalue weighted by Crippen LogP contribution is 2.35. The van der Waals surface area contributed by atoms with E-state index >= 15 is 8.78 Å². The van der Waals surface area contributed by atoms with Gasteiger partial charge in [-0.2, -0.15) is 4.39 Å². The molecule has 7 heteroatoms. The molecule has 1 heterocycles. The maximum Gasteiger partial charge on any atom is 0.201 e. The maximum absolute atomic E-state index is 15.2. The highest BCUT2D eigenvalue weighted by Gasteiger charge is 2.28. The minimum absolute atomic E-state index is 0.0107. The second-order valence-corrected chi connectivity index (χ2v) is 11.1. The summed E-state index contributed by atoms with van der Waals surface area (Å²) in [5.41, 5.74) is 0.927. The van der Waals surface area contributed by atoms with Crippen LogP contribution in [0.1, 0.15) is 83.5 Å². The van der Waals surface area contributed by atoms with Crippen LogP contribution in [0.2, 0.25) is 0 Å². The number of benzene rings is 3. The van der Waals surface area contributed by atoms with Crippen molar-refractivity contribution >= 4 is 0 Å². The van der Waals surface area contributed by atoms with Crippen molar-refractivity contribution in [2.45, 2.75) is 77.9 Å². The zero-order valence-electron chi connectivity index (χ0n) is 25.2. The molecule has 0 bridgehead atoms. The molecule has 232 valence electrons. The number of hydrogen-bond donors (Lipinski definition) is 0. The van der Waals surface area contributed by atoms with Gasteiger partial charge in [-0.15, -0.1) is 0 Å². The van der Waals surface area contributed by atoms with E-state index in [0.717, 1.165) is 32.1 Å². The van der Waals surface area contributed by atoms with Crippen LogP contribution in [-0.4, -0.2) is 19.8 Å². The smallest absolute Gasteiger partial charge is 0.201 e. The predicted octanol–water partition coefficient (Wildman–Crippen LogP) is 10.7. The van der Waals surface area contributed by atoms with E-state index in [2.05, 4.69) is 13.0 Å². The van der Waals surface area contributed by atoms with Crippen LogP contribution in [0.4, 0.5) is 17.6 Å². The molecule has 0 radical (unpaired) electrons. The summed E-state index contributed by atoms with van der Waals surface area (Å²) < 4.78 is 76.9. The third-order valence-electron chi connectivity index (χ3n) is 7.87. The molecule has 4 rings (SSSR count). The number of unbranched alkanes of at least 4 members (excludes halogenated alkanes) is 6. The van der Waals surface area contributed by atoms with Gasteiger partial charge in [0.15, 0.2) is 29.5 Å². The Bertz CT molecular complexity index is 1330. The number of halogens is 4. The van der Waals surface area contributed by atoms with Crippen LogP contribution in [0, 0.1) is 29.2 Å². The van der Waals surface area contributed by atoms with Crippen molar-refractivity contribution in [2.24, 2.45) is 5.92 Å². The highest BCUT2D eigenvalue weighted by molar-refractivity contribution is 5.71. The average Bonchev–Trinajstić information content (AvgIpc) is 3.02. The molecule has 0 aromatic heterocycles. The summed E-state index contributed by atoms with van der Waals surface area (Å²) in [6, 6.07) is 12.1. The quantitative estimate of drug-likeness (QED) is 0.0990. The standard InChI is InChI=1S/C36H42F4O3/c1-3-5-7-8-9-10-12-22-41-31-21-20-29(33(38)35(31)40)27-16-14-26(15-17-27)28-18-19-30(34(39)32(28)37)36-42-23-25(24-43-36)13-11-6-4-2/h4,6,14-21,25,36H,3,5,7-13,22-24H2,1-2H3. The van der Waals surface area contributed by atoms with Crippen LogP contribution in [-0.2, 0) is 9.47 Å². The summed E-state index contributed by atoms with van der Waals surface area (Å²) in [6.45, 7) is 5.30. The van der Waals surface area contributed by atoms with Crippen molar-refractivity contribution in [1.82, 2.24) is 0 Å². The Morgan fingerprint density at radius 2 is 1.30 bits per heavy atom. The fraction of sp³-hybridized carbons (Fsp3) is 0.444. The van der Waals surface area contributed by atoms with Crippen molar-refractivity contribution < 1.29 is 31.8 Å². The van der Waals surface area contributed by atoms with Gasteiger partial charge in [-0.1, -0.05) is 94.0 Å². The molecule has 0 aliphatic carbocycles. The molecule has 0 saturated carbocycles. The Kier molecular flexibility index (Phi) is 12.7. The molecule has 0 amide bonds. The lowest BCUT2D eigenvalue weighted by molar-refractivity contribution is -0.207. The summed E-state index contributed by atoms with van der Waals surface area (Å²) in [6.07, 6.45) is 12.6. The molecule has 0 N–H and O–H groups in total. The minimum atomic E-state index is -1.04. The van der Waals surface area contributed by atoms with Crippen LogP contribution in [0.25, 0.3) is 22.3 Å². The lowest BCUT2D eigenvalue weighted by Crippen LogP contribution is -2.27. The van der Waals surface area contributed by atoms with Gasteiger partial charge in [-0.3, -0.25) is 0 Å². The van der Waals surface area contributed by atoms with Gasteiger partial charge in [0, 0.05) is 22.6 Å². The van der Waals surface area contributed by atoms with E-state index in [4.69, 9.17) is 14.2 Å². The van der Waals surface area contributed by atoms with E-state index in [9.17, 15) is 8.78 Å². The van der Waals surface area contributed by atoms with E-state index in [1.54, 1.807) is 24.3 Å². The van der Waals surface area contributed by atoms with Gasteiger partial charge in [-0.25, -0.2) is 13.2 Å². The topological polar surface area (TPSA) is 27.7 Å². The fourth-order valence-corrected chi connectivity index (χ4v) is 5.29. The Hall–Kier alpha value is -3.16. The third kappa shape index (κ3) is 8.70. The number of ether oxygens (including phenoxy) is 3. The van der Waals surface area contributed by atoms with Crippen LogP contribution in [0.5, 0.6) is 5.75 Å². The van der Waals surface area contributed by atoms with Crippen LogP contribution >= 0.6 is 0 Å². The molecule has 1 saturated heterocycles. The first kappa shape index (κ1) is 32.7. The van der Waals surface area contributed by atoms with E-state index in [0.29, 0.717) is 30.9 Å². The number of rotatable bonds is 15. The summed E-state index contributed by atoms with van der Waals surface area (Å²) in [4.78, 5) is 0. The first-order valence-electron chi connectivity index (χ1n) is 15.5. The van der Waals surface area contributed by atoms with E-state index in [1.165, 1.54) is 49.9 Å². The number of hydrogen-bond acceptors (Lipinski definition) is 3. The fourth-order valence-electron chi connectivity index (χ4n) is 5.29. The molecule has 3 nitrogen and oxygen atoms in total. The van der Waals surface area contributed by atoms with Gasteiger partial charge in [0.2, 0.25) is 5.82 Å². The Morgan fingerprint density at radius 3 is 1.93 bits per heavy atom. The van der Waals surface area contributed by atoms with Crippen molar-refractivity contribution in [2.75, 3.05) is 19.8 Å². The first-order chi connectivity index (χ1) is 20.9. The number of allylic oxidation sites excluding steroid dienone is 2. The van der Waals surface area contributed by atoms with Crippen molar-refractivity contribution in [3.8, 4) is 28.0 Å². The lowest BCUT2D eigenvalue weighted by atomic mass is 9.98. The van der Waals surface area contributed by atoms with Gasteiger partial charge in [0.05, 0.1) is 19.8 Å². The molecular formula is C36H42F4O3. The molecule has 3 aromatic carbocycles. The molecule has 0 unspecified atom stereocenters. The zero-order valence-corrected chi connectivity index (χ0v) is 25.2. The molecule has 1 aliphatic rings. The summed E-state index contributed by atoms with van der Waals surface area (Å²) in [7, 11) is 0. The maximum atomic E-state index is 15.2. The van der Waals surface area contributed by atoms with Crippen LogP contribution < -0.4 is 4.74 Å².